The maximum atomic E-state index is 13.3. The third-order valence-electron chi connectivity index (χ3n) is 5.45. The van der Waals surface area contributed by atoms with Crippen molar-refractivity contribution in [3.05, 3.63) is 74.6 Å². The van der Waals surface area contributed by atoms with Crippen molar-refractivity contribution >= 4 is 51.8 Å². The maximum Gasteiger partial charge on any atom is 0.293 e. The van der Waals surface area contributed by atoms with E-state index in [4.69, 9.17) is 28.0 Å². The molecule has 0 unspecified atom stereocenters. The second kappa shape index (κ2) is 11.0. The van der Waals surface area contributed by atoms with Crippen LogP contribution in [0.4, 0.5) is 11.6 Å². The summed E-state index contributed by atoms with van der Waals surface area (Å²) in [6, 6.07) is 10.6. The van der Waals surface area contributed by atoms with Gasteiger partial charge in [-0.05, 0) is 50.5 Å². The lowest BCUT2D eigenvalue weighted by atomic mass is 10.1. The van der Waals surface area contributed by atoms with Crippen LogP contribution in [-0.4, -0.2) is 64.9 Å². The van der Waals surface area contributed by atoms with Crippen LogP contribution in [0.1, 0.15) is 10.4 Å². The number of nitrogens with zero attached hydrogens (tertiary/aromatic N) is 4. The van der Waals surface area contributed by atoms with Gasteiger partial charge in [0.15, 0.2) is 5.65 Å². The first kappa shape index (κ1) is 26.2. The summed E-state index contributed by atoms with van der Waals surface area (Å²) in [5, 5.41) is 16.5. The number of aromatic hydroxyl groups is 1. The lowest BCUT2D eigenvalue weighted by Gasteiger charge is -2.14. The summed E-state index contributed by atoms with van der Waals surface area (Å²) >= 11 is 12.3. The highest BCUT2D eigenvalue weighted by Gasteiger charge is 2.17. The first-order valence-corrected chi connectivity index (χ1v) is 11.9. The van der Waals surface area contributed by atoms with Crippen molar-refractivity contribution in [3.8, 4) is 16.9 Å². The summed E-state index contributed by atoms with van der Waals surface area (Å²) < 4.78 is 1.09. The molecule has 2 aromatic heterocycles. The fourth-order valence-electron chi connectivity index (χ4n) is 3.58. The zero-order valence-electron chi connectivity index (χ0n) is 20.2. The van der Waals surface area contributed by atoms with Gasteiger partial charge in [0.25, 0.3) is 11.5 Å². The SMILES string of the molecule is COn1c(=O)c(-c2ccc(NC(=O)c3ccc(Cl)c(O)c3)cc2Cl)cc2cnc(NCCN(C)C)nc21. The molecule has 0 bridgehead atoms. The number of halogens is 2. The van der Waals surface area contributed by atoms with Gasteiger partial charge in [0.2, 0.25) is 5.95 Å². The second-order valence-electron chi connectivity index (χ2n) is 8.36. The third-order valence-corrected chi connectivity index (χ3v) is 6.09. The standard InChI is InChI=1S/C25H24Cl2N6O4/c1-32(2)9-8-28-25-29-13-15-10-18(24(36)33(37-3)22(15)31-25)17-6-5-16(12-20(17)27)30-23(35)14-4-7-19(26)21(34)11-14/h4-7,10-13,34H,8-9H2,1-3H3,(H,30,35)(H,28,29,31). The van der Waals surface area contributed by atoms with E-state index < -0.39 is 11.5 Å². The van der Waals surface area contributed by atoms with Gasteiger partial charge in [0.05, 0.1) is 15.6 Å². The summed E-state index contributed by atoms with van der Waals surface area (Å²) in [7, 11) is 5.30. The van der Waals surface area contributed by atoms with Crippen LogP contribution in [0.5, 0.6) is 5.75 Å². The average molecular weight is 543 g/mol. The summed E-state index contributed by atoms with van der Waals surface area (Å²) in [5.41, 5.74) is 1.19. The van der Waals surface area contributed by atoms with Gasteiger partial charge in [-0.2, -0.15) is 4.98 Å². The number of carbonyl (C=O) groups excluding carboxylic acids is 1. The average Bonchev–Trinajstić information content (AvgIpc) is 2.85. The summed E-state index contributed by atoms with van der Waals surface area (Å²) in [6.45, 7) is 1.42. The van der Waals surface area contributed by atoms with Crippen LogP contribution in [0.3, 0.4) is 0 Å². The Morgan fingerprint density at radius 2 is 1.89 bits per heavy atom. The van der Waals surface area contributed by atoms with Crippen LogP contribution >= 0.6 is 23.2 Å². The normalized spacial score (nSPS) is 11.1. The number of phenolic OH excluding ortho intramolecular Hbond substituents is 1. The van der Waals surface area contributed by atoms with Crippen molar-refractivity contribution in [2.24, 2.45) is 0 Å². The molecule has 0 aliphatic carbocycles. The summed E-state index contributed by atoms with van der Waals surface area (Å²) in [5.74, 6) is -0.288. The van der Waals surface area contributed by atoms with Crippen molar-refractivity contribution in [1.82, 2.24) is 19.6 Å². The molecule has 0 fully saturated rings. The number of carbonyl (C=O) groups is 1. The number of benzene rings is 2. The molecule has 1 amide bonds. The fourth-order valence-corrected chi connectivity index (χ4v) is 3.98. The molecule has 10 nitrogen and oxygen atoms in total. The first-order chi connectivity index (χ1) is 17.7. The van der Waals surface area contributed by atoms with Crippen molar-refractivity contribution < 1.29 is 14.7 Å². The Morgan fingerprint density at radius 3 is 2.57 bits per heavy atom. The molecule has 37 heavy (non-hydrogen) atoms. The number of aromatic nitrogens is 3. The number of amides is 1. The summed E-state index contributed by atoms with van der Waals surface area (Å²) in [6.07, 6.45) is 1.60. The number of fused-ring (bicyclic) bond motifs is 1. The number of nitrogens with one attached hydrogen (secondary N) is 2. The number of anilines is 2. The van der Waals surface area contributed by atoms with Gasteiger partial charge in [0, 0.05) is 41.5 Å². The quantitative estimate of drug-likeness (QED) is 0.307. The van der Waals surface area contributed by atoms with Gasteiger partial charge in [0.1, 0.15) is 12.9 Å². The van der Waals surface area contributed by atoms with Gasteiger partial charge < -0.3 is 25.5 Å². The molecule has 4 rings (SSSR count). The number of rotatable bonds is 8. The molecule has 0 spiro atoms. The fraction of sp³-hybridized carbons (Fsp3) is 0.200. The molecular weight excluding hydrogens is 519 g/mol. The van der Waals surface area contributed by atoms with Crippen molar-refractivity contribution in [1.29, 1.82) is 0 Å². The minimum atomic E-state index is -0.463. The van der Waals surface area contributed by atoms with Crippen molar-refractivity contribution in [3.63, 3.8) is 0 Å². The molecule has 0 aliphatic rings. The van der Waals surface area contributed by atoms with Crippen LogP contribution < -0.4 is 21.0 Å². The Balaban J connectivity index is 1.64. The molecular formula is C25H24Cl2N6O4. The van der Waals surface area contributed by atoms with E-state index >= 15 is 0 Å². The molecule has 12 heteroatoms. The number of hydrogen-bond acceptors (Lipinski definition) is 8. The number of hydrogen-bond donors (Lipinski definition) is 3. The van der Waals surface area contributed by atoms with Gasteiger partial charge in [-0.25, -0.2) is 4.98 Å². The smallest absolute Gasteiger partial charge is 0.293 e. The zero-order chi connectivity index (χ0) is 26.7. The van der Waals surface area contributed by atoms with Crippen molar-refractivity contribution in [2.45, 2.75) is 0 Å². The monoisotopic (exact) mass is 542 g/mol. The van der Waals surface area contributed by atoms with Gasteiger partial charge >= 0.3 is 0 Å². The van der Waals surface area contributed by atoms with Crippen LogP contribution in [0.2, 0.25) is 10.0 Å². The Labute approximate surface area is 222 Å². The summed E-state index contributed by atoms with van der Waals surface area (Å²) in [4.78, 5) is 42.0. The van der Waals surface area contributed by atoms with Crippen molar-refractivity contribution in [2.75, 3.05) is 44.9 Å². The number of phenols is 1. The lowest BCUT2D eigenvalue weighted by molar-refractivity contribution is 0.102. The number of likely N-dealkylation sites (N-methyl/N-ethyl adjacent to an activating group) is 1. The molecule has 0 saturated heterocycles. The lowest BCUT2D eigenvalue weighted by Crippen LogP contribution is -2.27. The van der Waals surface area contributed by atoms with Crippen LogP contribution in [0.25, 0.3) is 22.2 Å². The van der Waals surface area contributed by atoms with E-state index in [-0.39, 0.29) is 26.9 Å². The number of pyridine rings is 1. The Morgan fingerprint density at radius 1 is 1.11 bits per heavy atom. The second-order valence-corrected chi connectivity index (χ2v) is 9.17. The molecule has 0 atom stereocenters. The minimum Gasteiger partial charge on any atom is -0.506 e. The zero-order valence-corrected chi connectivity index (χ0v) is 21.8. The van der Waals surface area contributed by atoms with E-state index in [0.29, 0.717) is 34.8 Å². The Kier molecular flexibility index (Phi) is 7.82. The van der Waals surface area contributed by atoms with Gasteiger partial charge in [-0.3, -0.25) is 9.59 Å². The van der Waals surface area contributed by atoms with E-state index in [0.717, 1.165) is 11.3 Å². The first-order valence-electron chi connectivity index (χ1n) is 11.1. The molecule has 0 aliphatic heterocycles. The van der Waals surface area contributed by atoms with E-state index in [9.17, 15) is 14.7 Å². The highest BCUT2D eigenvalue weighted by atomic mass is 35.5. The largest absolute Gasteiger partial charge is 0.506 e. The third kappa shape index (κ3) is 5.77. The maximum absolute atomic E-state index is 13.3. The van der Waals surface area contributed by atoms with E-state index in [2.05, 4.69) is 20.6 Å². The molecule has 2 heterocycles. The molecule has 3 N–H and O–H groups in total. The highest BCUT2D eigenvalue weighted by Crippen LogP contribution is 2.30. The Bertz CT molecular complexity index is 1540. The molecule has 0 saturated carbocycles. The predicted molar refractivity (Wildman–Crippen MR) is 145 cm³/mol. The van der Waals surface area contributed by atoms with E-state index in [1.807, 2.05) is 19.0 Å². The molecule has 0 radical (unpaired) electrons. The van der Waals surface area contributed by atoms with Crippen LogP contribution in [0.15, 0.2) is 53.5 Å². The van der Waals surface area contributed by atoms with Crippen LogP contribution in [-0.2, 0) is 0 Å². The molecule has 4 aromatic rings. The topological polar surface area (TPSA) is 122 Å². The minimum absolute atomic E-state index is 0.142. The van der Waals surface area contributed by atoms with Crippen LogP contribution in [0, 0.1) is 0 Å². The predicted octanol–water partition coefficient (Wildman–Crippen LogP) is 3.76. The van der Waals surface area contributed by atoms with E-state index in [1.54, 1.807) is 24.4 Å². The van der Waals surface area contributed by atoms with E-state index in [1.165, 1.54) is 31.4 Å². The Hall–Kier alpha value is -3.86. The highest BCUT2D eigenvalue weighted by molar-refractivity contribution is 6.34. The molecule has 192 valence electrons. The van der Waals surface area contributed by atoms with Gasteiger partial charge in [-0.15, -0.1) is 4.73 Å². The molecule has 2 aromatic carbocycles. The van der Waals surface area contributed by atoms with Gasteiger partial charge in [-0.1, -0.05) is 29.3 Å².